The van der Waals surface area contributed by atoms with Gasteiger partial charge in [-0.25, -0.2) is 0 Å². The molecule has 0 N–H and O–H groups in total. The Labute approximate surface area is 438 Å². The minimum absolute atomic E-state index is 0.0231. The average Bonchev–Trinajstić information content (AvgIpc) is 4.06. The molecule has 13 rings (SSSR count). The van der Waals surface area contributed by atoms with Gasteiger partial charge in [0.1, 0.15) is 11.2 Å². The van der Waals surface area contributed by atoms with Crippen molar-refractivity contribution in [1.82, 2.24) is 4.57 Å². The van der Waals surface area contributed by atoms with Crippen molar-refractivity contribution >= 4 is 90.1 Å². The molecule has 0 amide bonds. The van der Waals surface area contributed by atoms with Crippen molar-refractivity contribution in [3.8, 4) is 16.8 Å². The van der Waals surface area contributed by atoms with Gasteiger partial charge in [-0.15, -0.1) is 0 Å². The second-order valence-electron chi connectivity index (χ2n) is 26.3. The quantitative estimate of drug-likeness (QED) is 0.164. The Balaban J connectivity index is 1.17. The smallest absolute Gasteiger partial charge is 0.252 e. The third-order valence-corrected chi connectivity index (χ3v) is 16.9. The first-order chi connectivity index (χ1) is 35.0. The predicted octanol–water partition coefficient (Wildman–Crippen LogP) is 17.1. The molecule has 5 heteroatoms. The van der Waals surface area contributed by atoms with Crippen LogP contribution in [0.15, 0.2) is 162 Å². The maximum Gasteiger partial charge on any atom is 0.252 e. The van der Waals surface area contributed by atoms with Crippen molar-refractivity contribution in [1.29, 1.82) is 0 Å². The van der Waals surface area contributed by atoms with Crippen LogP contribution in [0, 0.1) is 0 Å². The number of anilines is 6. The molecule has 1 aliphatic carbocycles. The zero-order valence-corrected chi connectivity index (χ0v) is 45.8. The van der Waals surface area contributed by atoms with Crippen LogP contribution >= 0.6 is 0 Å². The lowest BCUT2D eigenvalue weighted by Gasteiger charge is -2.43. The van der Waals surface area contributed by atoms with Crippen molar-refractivity contribution in [3.63, 3.8) is 0 Å². The van der Waals surface area contributed by atoms with Crippen molar-refractivity contribution < 1.29 is 4.42 Å². The molecular weight excluding hydrogens is 898 g/mol. The standard InChI is InChI=1S/C69H68BN3O/c1-65(2,3)41-26-30-45(31-27-41)71(46-32-28-42(29-33-46)66(4,5)6)47-34-35-52-55(40-47)72(54-23-19-25-59-61(54)49-21-16-18-24-58(49)74-59)56-38-44(68(10,11)12)39-57-62(56)70(52)53-37-43(67(7,8)9)36-50-60-48-20-15-17-22-51(48)69(13,14)64(60)73(57)63(50)53/h15-40H,1-14H3. The molecule has 0 unspecified atom stereocenters. The Bertz CT molecular complexity index is 3910. The summed E-state index contributed by atoms with van der Waals surface area (Å²) in [4.78, 5) is 5.09. The molecule has 8 aromatic carbocycles. The summed E-state index contributed by atoms with van der Waals surface area (Å²) in [7, 11) is 0. The number of aromatic nitrogens is 1. The zero-order chi connectivity index (χ0) is 51.8. The van der Waals surface area contributed by atoms with E-state index in [-0.39, 0.29) is 33.8 Å². The minimum atomic E-state index is -0.246. The lowest BCUT2D eigenvalue weighted by molar-refractivity contribution is 0.588. The molecule has 4 heterocycles. The van der Waals surface area contributed by atoms with Gasteiger partial charge in [0.2, 0.25) is 0 Å². The van der Waals surface area contributed by atoms with Crippen molar-refractivity contribution in [3.05, 3.63) is 191 Å². The molecule has 0 fully saturated rings. The van der Waals surface area contributed by atoms with Gasteiger partial charge >= 0.3 is 0 Å². The summed E-state index contributed by atoms with van der Waals surface area (Å²) >= 11 is 0. The number of hydrogen-bond acceptors (Lipinski definition) is 3. The van der Waals surface area contributed by atoms with Gasteiger partial charge < -0.3 is 18.8 Å². The van der Waals surface area contributed by atoms with Gasteiger partial charge in [-0.3, -0.25) is 0 Å². The Morgan fingerprint density at radius 2 is 1.03 bits per heavy atom. The second-order valence-corrected chi connectivity index (χ2v) is 26.3. The summed E-state index contributed by atoms with van der Waals surface area (Å²) < 4.78 is 9.47. The van der Waals surface area contributed by atoms with Crippen LogP contribution in [0.4, 0.5) is 34.1 Å². The Kier molecular flexibility index (Phi) is 9.70. The molecule has 3 aliphatic rings. The van der Waals surface area contributed by atoms with E-state index < -0.39 is 0 Å². The molecule has 2 aromatic heterocycles. The van der Waals surface area contributed by atoms with E-state index in [1.807, 2.05) is 0 Å². The third kappa shape index (κ3) is 6.73. The van der Waals surface area contributed by atoms with E-state index in [1.165, 1.54) is 89.0 Å². The Morgan fingerprint density at radius 3 is 1.68 bits per heavy atom. The van der Waals surface area contributed by atoms with Crippen LogP contribution in [0.25, 0.3) is 49.7 Å². The van der Waals surface area contributed by atoms with E-state index in [0.717, 1.165) is 44.7 Å². The zero-order valence-electron chi connectivity index (χ0n) is 45.8. The number of para-hydroxylation sites is 1. The molecule has 0 bridgehead atoms. The van der Waals surface area contributed by atoms with Gasteiger partial charge in [-0.2, -0.15) is 0 Å². The van der Waals surface area contributed by atoms with Crippen LogP contribution in [0.1, 0.15) is 130 Å². The van der Waals surface area contributed by atoms with Crippen molar-refractivity contribution in [2.75, 3.05) is 9.80 Å². The fraction of sp³-hybridized carbons (Fsp3) is 0.275. The normalized spacial score (nSPS) is 14.7. The highest BCUT2D eigenvalue weighted by molar-refractivity contribution is 7.00. The third-order valence-electron chi connectivity index (χ3n) is 16.9. The van der Waals surface area contributed by atoms with E-state index in [9.17, 15) is 0 Å². The van der Waals surface area contributed by atoms with Gasteiger partial charge in [0.05, 0.1) is 11.1 Å². The van der Waals surface area contributed by atoms with Crippen LogP contribution < -0.4 is 26.2 Å². The fourth-order valence-electron chi connectivity index (χ4n) is 12.9. The first-order valence-corrected chi connectivity index (χ1v) is 26.9. The number of furan rings is 1. The summed E-state index contributed by atoms with van der Waals surface area (Å²) in [5, 5.41) is 3.59. The number of hydrogen-bond donors (Lipinski definition) is 0. The van der Waals surface area contributed by atoms with Gasteiger partial charge in [0.15, 0.2) is 0 Å². The van der Waals surface area contributed by atoms with Crippen LogP contribution in [0.3, 0.4) is 0 Å². The Morgan fingerprint density at radius 1 is 0.459 bits per heavy atom. The van der Waals surface area contributed by atoms with E-state index in [2.05, 4.69) is 269 Å². The lowest BCUT2D eigenvalue weighted by Crippen LogP contribution is -2.61. The SMILES string of the molecule is CC(C)(C)c1ccc(N(c2ccc(C(C)(C)C)cc2)c2ccc3c(c2)N(c2cccc4oc5ccccc5c24)c2cc(C(C)(C)C)cc4c2B3c2cc(C(C)(C)C)cc3c5c(n-4c23)C(C)(C)c2ccccc2-5)cc1. The highest BCUT2D eigenvalue weighted by Gasteiger charge is 2.48. The first kappa shape index (κ1) is 46.5. The van der Waals surface area contributed by atoms with Gasteiger partial charge in [-0.1, -0.05) is 182 Å². The predicted molar refractivity (Wildman–Crippen MR) is 317 cm³/mol. The largest absolute Gasteiger partial charge is 0.456 e. The van der Waals surface area contributed by atoms with Gasteiger partial charge in [0, 0.05) is 67.1 Å². The molecular formula is C69H68BN3O. The maximum absolute atomic E-state index is 6.74. The molecule has 0 radical (unpaired) electrons. The number of fused-ring (bicyclic) bond motifs is 12. The minimum Gasteiger partial charge on any atom is -0.456 e. The van der Waals surface area contributed by atoms with Crippen molar-refractivity contribution in [2.24, 2.45) is 0 Å². The Hall–Kier alpha value is -7.24. The highest BCUT2D eigenvalue weighted by atomic mass is 16.3. The molecule has 2 aliphatic heterocycles. The molecule has 0 spiro atoms. The summed E-state index contributed by atoms with van der Waals surface area (Å²) in [6.45, 7) is 32.9. The summed E-state index contributed by atoms with van der Waals surface area (Å²) in [6, 6.07) is 60.5. The van der Waals surface area contributed by atoms with E-state index in [4.69, 9.17) is 4.42 Å². The monoisotopic (exact) mass is 966 g/mol. The molecule has 74 heavy (non-hydrogen) atoms. The molecule has 0 saturated carbocycles. The fourth-order valence-corrected chi connectivity index (χ4v) is 12.9. The van der Waals surface area contributed by atoms with Crippen LogP contribution in [-0.4, -0.2) is 11.3 Å². The first-order valence-electron chi connectivity index (χ1n) is 26.9. The summed E-state index contributed by atoms with van der Waals surface area (Å²) in [5.41, 5.74) is 25.6. The number of rotatable bonds is 4. The maximum atomic E-state index is 6.74. The molecule has 4 nitrogen and oxygen atoms in total. The molecule has 368 valence electrons. The summed E-state index contributed by atoms with van der Waals surface area (Å²) in [5.74, 6) is 0. The molecule has 0 atom stereocenters. The second kappa shape index (κ2) is 15.4. The van der Waals surface area contributed by atoms with Crippen molar-refractivity contribution in [2.45, 2.75) is 124 Å². The van der Waals surface area contributed by atoms with E-state index in [0.29, 0.717) is 0 Å². The van der Waals surface area contributed by atoms with Crippen LogP contribution in [0.5, 0.6) is 0 Å². The summed E-state index contributed by atoms with van der Waals surface area (Å²) in [6.07, 6.45) is 0. The molecule has 0 saturated heterocycles. The van der Waals surface area contributed by atoms with E-state index in [1.54, 1.807) is 0 Å². The lowest BCUT2D eigenvalue weighted by atomic mass is 9.33. The van der Waals surface area contributed by atoms with E-state index >= 15 is 0 Å². The van der Waals surface area contributed by atoms with Gasteiger partial charge in [-0.05, 0) is 144 Å². The van der Waals surface area contributed by atoms with Crippen LogP contribution in [-0.2, 0) is 27.1 Å². The number of benzene rings is 8. The number of nitrogens with zero attached hydrogens (tertiary/aromatic N) is 3. The highest BCUT2D eigenvalue weighted by Crippen LogP contribution is 2.56. The average molecular weight is 966 g/mol. The topological polar surface area (TPSA) is 24.6 Å². The van der Waals surface area contributed by atoms with Crippen LogP contribution in [0.2, 0.25) is 0 Å². The molecule has 10 aromatic rings. The van der Waals surface area contributed by atoms with Gasteiger partial charge in [0.25, 0.3) is 6.71 Å².